The number of alkyl carbamates (subject to hydrolysis) is 1. The summed E-state index contributed by atoms with van der Waals surface area (Å²) in [6.07, 6.45) is -0.514. The highest BCUT2D eigenvalue weighted by Gasteiger charge is 2.20. The molecule has 0 bridgehead atoms. The Morgan fingerprint density at radius 1 is 1.16 bits per heavy atom. The summed E-state index contributed by atoms with van der Waals surface area (Å²) in [5.74, 6) is 1.21. The van der Waals surface area contributed by atoms with Crippen LogP contribution in [0.25, 0.3) is 0 Å². The van der Waals surface area contributed by atoms with Gasteiger partial charge in [0.1, 0.15) is 11.4 Å². The predicted octanol–water partition coefficient (Wildman–Crippen LogP) is 3.21. The normalized spacial score (nSPS) is 12.8. The first-order valence-corrected chi connectivity index (χ1v) is 9.54. The molecule has 31 heavy (non-hydrogen) atoms. The summed E-state index contributed by atoms with van der Waals surface area (Å²) in [5.41, 5.74) is -0.153. The highest BCUT2D eigenvalue weighted by atomic mass is 127. The Morgan fingerprint density at radius 3 is 2.42 bits per heavy atom. The van der Waals surface area contributed by atoms with E-state index in [-0.39, 0.29) is 43.1 Å². The monoisotopic (exact) mass is 558 g/mol. The predicted molar refractivity (Wildman–Crippen MR) is 122 cm³/mol. The fourth-order valence-electron chi connectivity index (χ4n) is 2.46. The van der Waals surface area contributed by atoms with Gasteiger partial charge in [0, 0.05) is 31.3 Å². The molecule has 0 saturated heterocycles. The molecule has 0 radical (unpaired) electrons. The molecule has 0 fully saturated rings. The number of benzene rings is 1. The van der Waals surface area contributed by atoms with E-state index >= 15 is 0 Å². The van der Waals surface area contributed by atoms with Crippen LogP contribution in [0.1, 0.15) is 33.3 Å². The number of nitrogens with zero attached hydrogens (tertiary/aromatic N) is 1. The molecule has 12 heteroatoms. The van der Waals surface area contributed by atoms with Crippen molar-refractivity contribution in [3.8, 4) is 17.2 Å². The van der Waals surface area contributed by atoms with Crippen molar-refractivity contribution < 1.29 is 32.5 Å². The summed E-state index contributed by atoms with van der Waals surface area (Å²) in [4.78, 5) is 16.0. The van der Waals surface area contributed by atoms with Crippen molar-refractivity contribution in [1.82, 2.24) is 16.0 Å². The summed E-state index contributed by atoms with van der Waals surface area (Å²) in [7, 11) is 0. The molecular formula is C19H29F2IN4O5. The lowest BCUT2D eigenvalue weighted by molar-refractivity contribution is -0.0505. The van der Waals surface area contributed by atoms with Gasteiger partial charge in [0.25, 0.3) is 0 Å². The van der Waals surface area contributed by atoms with E-state index in [9.17, 15) is 13.6 Å². The minimum atomic E-state index is -2.97. The van der Waals surface area contributed by atoms with Crippen LogP contribution in [0.2, 0.25) is 0 Å². The molecule has 1 aromatic rings. The average Bonchev–Trinajstić information content (AvgIpc) is 3.08. The summed E-state index contributed by atoms with van der Waals surface area (Å²) in [6.45, 7) is 5.62. The number of amides is 1. The van der Waals surface area contributed by atoms with Gasteiger partial charge in [0.2, 0.25) is 6.79 Å². The van der Waals surface area contributed by atoms with Gasteiger partial charge in [-0.05, 0) is 33.8 Å². The van der Waals surface area contributed by atoms with Crippen LogP contribution in [0.15, 0.2) is 17.1 Å². The molecule has 1 aromatic carbocycles. The van der Waals surface area contributed by atoms with Gasteiger partial charge in [0.05, 0.1) is 6.54 Å². The number of rotatable bonds is 8. The van der Waals surface area contributed by atoms with Gasteiger partial charge in [-0.1, -0.05) is 0 Å². The van der Waals surface area contributed by atoms with Gasteiger partial charge in [-0.25, -0.2) is 9.79 Å². The number of alkyl halides is 2. The third-order valence-corrected chi connectivity index (χ3v) is 3.61. The lowest BCUT2D eigenvalue weighted by Gasteiger charge is -2.20. The van der Waals surface area contributed by atoms with Crippen LogP contribution in [0.3, 0.4) is 0 Å². The van der Waals surface area contributed by atoms with E-state index in [1.807, 2.05) is 6.92 Å². The second-order valence-electron chi connectivity index (χ2n) is 7.24. The standard InChI is InChI=1S/C19H28F2N4O5.HI/c1-5-22-17(23-6-7-24-18(26)30-19(2,3)4)25-10-12-8-14-15(28-11-27-14)9-13(12)29-16(20)21;/h8-9,16H,5-7,10-11H2,1-4H3,(H,24,26)(H2,22,23,25);1H. The molecule has 176 valence electrons. The number of hydrogen-bond donors (Lipinski definition) is 3. The summed E-state index contributed by atoms with van der Waals surface area (Å²) < 4.78 is 45.7. The lowest BCUT2D eigenvalue weighted by atomic mass is 10.1. The van der Waals surface area contributed by atoms with Crippen LogP contribution in [0.4, 0.5) is 13.6 Å². The number of ether oxygens (including phenoxy) is 4. The number of guanidine groups is 1. The van der Waals surface area contributed by atoms with Gasteiger partial charge in [-0.2, -0.15) is 8.78 Å². The van der Waals surface area contributed by atoms with Gasteiger partial charge >= 0.3 is 12.7 Å². The maximum Gasteiger partial charge on any atom is 0.407 e. The Balaban J connectivity index is 0.00000480. The van der Waals surface area contributed by atoms with Crippen molar-refractivity contribution in [1.29, 1.82) is 0 Å². The first kappa shape index (κ1) is 26.8. The molecule has 1 aliphatic heterocycles. The zero-order valence-corrected chi connectivity index (χ0v) is 20.3. The summed E-state index contributed by atoms with van der Waals surface area (Å²) in [5, 5.41) is 8.72. The molecule has 9 nitrogen and oxygen atoms in total. The van der Waals surface area contributed by atoms with Crippen molar-refractivity contribution >= 4 is 36.0 Å². The van der Waals surface area contributed by atoms with Crippen LogP contribution < -0.4 is 30.2 Å². The van der Waals surface area contributed by atoms with Crippen LogP contribution >= 0.6 is 24.0 Å². The number of halogens is 3. The van der Waals surface area contributed by atoms with Crippen molar-refractivity contribution in [2.75, 3.05) is 26.4 Å². The second kappa shape index (κ2) is 12.6. The van der Waals surface area contributed by atoms with Crippen molar-refractivity contribution in [3.63, 3.8) is 0 Å². The molecule has 2 rings (SSSR count). The zero-order valence-electron chi connectivity index (χ0n) is 17.9. The Kier molecular flexibility index (Phi) is 10.9. The van der Waals surface area contributed by atoms with E-state index in [1.165, 1.54) is 6.07 Å². The molecule has 0 aromatic heterocycles. The average molecular weight is 558 g/mol. The maximum atomic E-state index is 12.7. The first-order valence-electron chi connectivity index (χ1n) is 9.54. The first-order chi connectivity index (χ1) is 14.2. The fraction of sp³-hybridized carbons (Fsp3) is 0.579. The van der Waals surface area contributed by atoms with E-state index in [4.69, 9.17) is 14.2 Å². The molecule has 0 unspecified atom stereocenters. The van der Waals surface area contributed by atoms with E-state index in [1.54, 1.807) is 26.8 Å². The fourth-order valence-corrected chi connectivity index (χ4v) is 2.46. The van der Waals surface area contributed by atoms with Crippen LogP contribution in [-0.4, -0.2) is 50.7 Å². The number of carbonyl (C=O) groups excluding carboxylic acids is 1. The molecule has 0 atom stereocenters. The number of nitrogens with one attached hydrogen (secondary N) is 3. The summed E-state index contributed by atoms with van der Waals surface area (Å²) >= 11 is 0. The summed E-state index contributed by atoms with van der Waals surface area (Å²) in [6, 6.07) is 2.93. The van der Waals surface area contributed by atoms with Crippen LogP contribution in [0.5, 0.6) is 17.2 Å². The largest absolute Gasteiger partial charge is 0.454 e. The highest BCUT2D eigenvalue weighted by molar-refractivity contribution is 14.0. The topological polar surface area (TPSA) is 102 Å². The third-order valence-electron chi connectivity index (χ3n) is 3.61. The van der Waals surface area contributed by atoms with Crippen LogP contribution in [0, 0.1) is 0 Å². The Morgan fingerprint density at radius 2 is 1.81 bits per heavy atom. The van der Waals surface area contributed by atoms with E-state index < -0.39 is 18.3 Å². The molecule has 0 spiro atoms. The quantitative estimate of drug-likeness (QED) is 0.195. The number of hydrogen-bond acceptors (Lipinski definition) is 6. The highest BCUT2D eigenvalue weighted by Crippen LogP contribution is 2.39. The number of carbonyl (C=O) groups is 1. The molecule has 0 saturated carbocycles. The van der Waals surface area contributed by atoms with Crippen LogP contribution in [-0.2, 0) is 11.3 Å². The Bertz CT molecular complexity index is 760. The Hall–Kier alpha value is -2.25. The van der Waals surface area contributed by atoms with Gasteiger partial charge in [-0.15, -0.1) is 24.0 Å². The van der Waals surface area contributed by atoms with Gasteiger partial charge in [-0.3, -0.25) is 0 Å². The smallest absolute Gasteiger partial charge is 0.407 e. The molecule has 1 aliphatic rings. The minimum Gasteiger partial charge on any atom is -0.454 e. The minimum absolute atomic E-state index is 0. The number of aliphatic imine (C=N–C) groups is 1. The molecule has 1 amide bonds. The van der Waals surface area contributed by atoms with Gasteiger partial charge < -0.3 is 34.9 Å². The maximum absolute atomic E-state index is 12.7. The third kappa shape index (κ3) is 9.61. The molecule has 1 heterocycles. The number of fused-ring (bicyclic) bond motifs is 1. The molecular weight excluding hydrogens is 529 g/mol. The molecule has 0 aliphatic carbocycles. The van der Waals surface area contributed by atoms with E-state index in [0.717, 1.165) is 0 Å². The van der Waals surface area contributed by atoms with E-state index in [2.05, 4.69) is 25.7 Å². The molecule has 3 N–H and O–H groups in total. The van der Waals surface area contributed by atoms with Crippen molar-refractivity contribution in [3.05, 3.63) is 17.7 Å². The lowest BCUT2D eigenvalue weighted by Crippen LogP contribution is -2.42. The van der Waals surface area contributed by atoms with Crippen molar-refractivity contribution in [2.24, 2.45) is 4.99 Å². The Labute approximate surface area is 197 Å². The van der Waals surface area contributed by atoms with Crippen molar-refractivity contribution in [2.45, 2.75) is 46.5 Å². The van der Waals surface area contributed by atoms with Gasteiger partial charge in [0.15, 0.2) is 17.5 Å². The zero-order chi connectivity index (χ0) is 22.1. The van der Waals surface area contributed by atoms with E-state index in [0.29, 0.717) is 42.7 Å². The second-order valence-corrected chi connectivity index (χ2v) is 7.24. The SMILES string of the molecule is CCNC(=NCc1cc2c(cc1OC(F)F)OCO2)NCCNC(=O)OC(C)(C)C.I.